The first-order valence-electron chi connectivity index (χ1n) is 7.28. The van der Waals surface area contributed by atoms with E-state index in [1.807, 2.05) is 12.3 Å². The zero-order chi connectivity index (χ0) is 18.6. The SMILES string of the molecule is CCOC(=O)c1c(C)oc(NC(=O)CSc2nc(C)cs2)c1C(N)=O. The van der Waals surface area contributed by atoms with Crippen LogP contribution in [0.1, 0.15) is 39.1 Å². The van der Waals surface area contributed by atoms with Crippen molar-refractivity contribution < 1.29 is 23.5 Å². The Morgan fingerprint density at radius 2 is 2.08 bits per heavy atom. The molecule has 134 valence electrons. The summed E-state index contributed by atoms with van der Waals surface area (Å²) in [5.41, 5.74) is 5.94. The number of carbonyl (C=O) groups is 3. The van der Waals surface area contributed by atoms with Crippen LogP contribution in [-0.2, 0) is 9.53 Å². The number of amides is 2. The molecule has 25 heavy (non-hydrogen) atoms. The first kappa shape index (κ1) is 19.0. The van der Waals surface area contributed by atoms with Crippen molar-refractivity contribution in [2.24, 2.45) is 5.73 Å². The van der Waals surface area contributed by atoms with Gasteiger partial charge in [-0.3, -0.25) is 14.9 Å². The summed E-state index contributed by atoms with van der Waals surface area (Å²) in [6.45, 7) is 5.12. The molecule has 2 amide bonds. The normalized spacial score (nSPS) is 10.5. The van der Waals surface area contributed by atoms with Gasteiger partial charge in [0.2, 0.25) is 11.8 Å². The molecular weight excluding hydrogens is 366 g/mol. The number of aryl methyl sites for hydroxylation is 2. The molecule has 0 aliphatic rings. The molecule has 0 saturated carbocycles. The van der Waals surface area contributed by atoms with Crippen molar-refractivity contribution >= 4 is 46.8 Å². The van der Waals surface area contributed by atoms with Gasteiger partial charge in [-0.15, -0.1) is 11.3 Å². The van der Waals surface area contributed by atoms with Gasteiger partial charge in [0.05, 0.1) is 12.4 Å². The molecule has 0 aromatic carbocycles. The summed E-state index contributed by atoms with van der Waals surface area (Å²) in [6.07, 6.45) is 0. The van der Waals surface area contributed by atoms with Crippen LogP contribution in [-0.4, -0.2) is 35.1 Å². The van der Waals surface area contributed by atoms with Crippen molar-refractivity contribution in [2.75, 3.05) is 17.7 Å². The van der Waals surface area contributed by atoms with E-state index in [0.717, 1.165) is 10.0 Å². The van der Waals surface area contributed by atoms with Crippen LogP contribution in [0.5, 0.6) is 0 Å². The third-order valence-corrected chi connectivity index (χ3v) is 5.13. The Hall–Kier alpha value is -2.33. The number of nitrogens with two attached hydrogens (primary N) is 1. The summed E-state index contributed by atoms with van der Waals surface area (Å²) in [4.78, 5) is 40.0. The Morgan fingerprint density at radius 3 is 2.64 bits per heavy atom. The van der Waals surface area contributed by atoms with E-state index in [9.17, 15) is 14.4 Å². The molecule has 0 atom stereocenters. The molecule has 3 N–H and O–H groups in total. The van der Waals surface area contributed by atoms with Crippen LogP contribution in [0.25, 0.3) is 0 Å². The second-order valence-electron chi connectivity index (χ2n) is 4.91. The topological polar surface area (TPSA) is 125 Å². The molecule has 0 unspecified atom stereocenters. The molecule has 0 saturated heterocycles. The van der Waals surface area contributed by atoms with Crippen LogP contribution in [0, 0.1) is 13.8 Å². The number of nitrogens with one attached hydrogen (secondary N) is 1. The molecule has 10 heteroatoms. The van der Waals surface area contributed by atoms with E-state index in [2.05, 4.69) is 10.3 Å². The van der Waals surface area contributed by atoms with Gasteiger partial charge in [-0.25, -0.2) is 9.78 Å². The lowest BCUT2D eigenvalue weighted by atomic mass is 10.1. The van der Waals surface area contributed by atoms with Gasteiger partial charge >= 0.3 is 5.97 Å². The van der Waals surface area contributed by atoms with Gasteiger partial charge in [0.15, 0.2) is 4.34 Å². The molecule has 2 aromatic rings. The minimum Gasteiger partial charge on any atom is -0.462 e. The van der Waals surface area contributed by atoms with Gasteiger partial charge in [-0.1, -0.05) is 11.8 Å². The summed E-state index contributed by atoms with van der Waals surface area (Å²) >= 11 is 2.69. The fourth-order valence-electron chi connectivity index (χ4n) is 2.01. The number of thioether (sulfide) groups is 1. The summed E-state index contributed by atoms with van der Waals surface area (Å²) in [5, 5.41) is 4.35. The summed E-state index contributed by atoms with van der Waals surface area (Å²) < 4.78 is 11.0. The Bertz CT molecular complexity index is 812. The lowest BCUT2D eigenvalue weighted by Gasteiger charge is -2.04. The van der Waals surface area contributed by atoms with Gasteiger partial charge < -0.3 is 14.9 Å². The minimum atomic E-state index is -0.890. The quantitative estimate of drug-likeness (QED) is 0.555. The van der Waals surface area contributed by atoms with Crippen LogP contribution in [0.3, 0.4) is 0 Å². The Balaban J connectivity index is 2.15. The molecule has 2 aromatic heterocycles. The number of nitrogens with zero attached hydrogens (tertiary/aromatic N) is 1. The number of rotatable bonds is 7. The zero-order valence-corrected chi connectivity index (χ0v) is 15.5. The molecule has 2 rings (SSSR count). The van der Waals surface area contributed by atoms with Crippen molar-refractivity contribution in [1.82, 2.24) is 4.98 Å². The number of aromatic nitrogens is 1. The van der Waals surface area contributed by atoms with E-state index in [4.69, 9.17) is 14.9 Å². The highest BCUT2D eigenvalue weighted by molar-refractivity contribution is 8.01. The number of furan rings is 1. The third kappa shape index (κ3) is 4.60. The maximum Gasteiger partial charge on any atom is 0.342 e. The molecule has 2 heterocycles. The number of carbonyl (C=O) groups excluding carboxylic acids is 3. The molecule has 0 bridgehead atoms. The minimum absolute atomic E-state index is 0.0691. The number of ether oxygens (including phenoxy) is 1. The summed E-state index contributed by atoms with van der Waals surface area (Å²) in [5.74, 6) is -1.98. The molecule has 0 spiro atoms. The van der Waals surface area contributed by atoms with Crippen LogP contribution in [0.2, 0.25) is 0 Å². The maximum absolute atomic E-state index is 12.1. The first-order valence-corrected chi connectivity index (χ1v) is 9.15. The van der Waals surface area contributed by atoms with Crippen molar-refractivity contribution in [3.8, 4) is 0 Å². The molecule has 0 radical (unpaired) electrons. The molecular formula is C15H17N3O5S2. The van der Waals surface area contributed by atoms with Crippen LogP contribution < -0.4 is 11.1 Å². The number of esters is 1. The largest absolute Gasteiger partial charge is 0.462 e. The first-order chi connectivity index (χ1) is 11.8. The van der Waals surface area contributed by atoms with Gasteiger partial charge in [0, 0.05) is 11.1 Å². The summed E-state index contributed by atoms with van der Waals surface area (Å²) in [6, 6.07) is 0. The second kappa shape index (κ2) is 8.17. The average molecular weight is 383 g/mol. The highest BCUT2D eigenvalue weighted by Gasteiger charge is 2.29. The van der Waals surface area contributed by atoms with E-state index in [-0.39, 0.29) is 35.1 Å². The monoisotopic (exact) mass is 383 g/mol. The standard InChI is InChI=1S/C15H17N3O5S2/c1-4-22-14(21)10-8(3)23-13(11(10)12(16)20)18-9(19)6-25-15-17-7(2)5-24-15/h5H,4,6H2,1-3H3,(H2,16,20)(H,18,19). The van der Waals surface area contributed by atoms with E-state index in [1.54, 1.807) is 6.92 Å². The van der Waals surface area contributed by atoms with E-state index in [1.165, 1.54) is 30.0 Å². The average Bonchev–Trinajstić information content (AvgIpc) is 3.08. The predicted octanol–water partition coefficient (Wildman–Crippen LogP) is 2.36. The van der Waals surface area contributed by atoms with E-state index < -0.39 is 17.8 Å². The molecule has 0 fully saturated rings. The second-order valence-corrected chi connectivity index (χ2v) is 6.99. The highest BCUT2D eigenvalue weighted by Crippen LogP contribution is 2.28. The third-order valence-electron chi connectivity index (χ3n) is 2.99. The maximum atomic E-state index is 12.1. The number of thiazole rings is 1. The predicted molar refractivity (Wildman–Crippen MR) is 94.1 cm³/mol. The molecule has 8 nitrogen and oxygen atoms in total. The fourth-order valence-corrected chi connectivity index (χ4v) is 3.65. The number of primary amides is 1. The van der Waals surface area contributed by atoms with Gasteiger partial charge in [-0.05, 0) is 20.8 Å². The van der Waals surface area contributed by atoms with Gasteiger partial charge in [-0.2, -0.15) is 0 Å². The number of hydrogen-bond donors (Lipinski definition) is 2. The zero-order valence-electron chi connectivity index (χ0n) is 13.9. The number of hydrogen-bond acceptors (Lipinski definition) is 8. The lowest BCUT2D eigenvalue weighted by molar-refractivity contribution is -0.113. The smallest absolute Gasteiger partial charge is 0.342 e. The van der Waals surface area contributed by atoms with Crippen LogP contribution >= 0.6 is 23.1 Å². The molecule has 0 aliphatic heterocycles. The van der Waals surface area contributed by atoms with Gasteiger partial charge in [0.25, 0.3) is 5.91 Å². The Labute approximate surface area is 152 Å². The lowest BCUT2D eigenvalue weighted by Crippen LogP contribution is -2.21. The highest BCUT2D eigenvalue weighted by atomic mass is 32.2. The van der Waals surface area contributed by atoms with Gasteiger partial charge in [0.1, 0.15) is 16.9 Å². The molecule has 0 aliphatic carbocycles. The van der Waals surface area contributed by atoms with Crippen molar-refractivity contribution in [2.45, 2.75) is 25.1 Å². The Kier molecular flexibility index (Phi) is 6.21. The summed E-state index contributed by atoms with van der Waals surface area (Å²) in [7, 11) is 0. The van der Waals surface area contributed by atoms with E-state index >= 15 is 0 Å². The van der Waals surface area contributed by atoms with Crippen LogP contribution in [0.15, 0.2) is 14.1 Å². The van der Waals surface area contributed by atoms with E-state index in [0.29, 0.717) is 0 Å². The van der Waals surface area contributed by atoms with Crippen molar-refractivity contribution in [1.29, 1.82) is 0 Å². The van der Waals surface area contributed by atoms with Crippen LogP contribution in [0.4, 0.5) is 5.88 Å². The van der Waals surface area contributed by atoms with Crippen molar-refractivity contribution in [3.63, 3.8) is 0 Å². The Morgan fingerprint density at radius 1 is 1.36 bits per heavy atom. The van der Waals surface area contributed by atoms with Crippen molar-refractivity contribution in [3.05, 3.63) is 28.0 Å². The fraction of sp³-hybridized carbons (Fsp3) is 0.333. The number of anilines is 1.